The number of carbonyl (C=O) groups excluding carboxylic acids is 2. The number of benzene rings is 1. The normalized spacial score (nSPS) is 20.5. The predicted octanol–water partition coefficient (Wildman–Crippen LogP) is 0.454. The van der Waals surface area contributed by atoms with E-state index in [1.165, 1.54) is 4.90 Å². The van der Waals surface area contributed by atoms with Gasteiger partial charge in [-0.3, -0.25) is 14.6 Å². The lowest BCUT2D eigenvalue weighted by Crippen LogP contribution is -2.55. The molecule has 124 valence electrons. The third kappa shape index (κ3) is 3.10. The molecule has 0 unspecified atom stereocenters. The molecule has 1 atom stereocenters. The number of carbonyl (C=O) groups is 2. The quantitative estimate of drug-likeness (QED) is 0.846. The van der Waals surface area contributed by atoms with E-state index in [1.807, 2.05) is 19.1 Å². The minimum atomic E-state index is -0.314. The molecule has 2 aliphatic heterocycles. The molecule has 7 nitrogen and oxygen atoms in total. The van der Waals surface area contributed by atoms with Gasteiger partial charge in [0.05, 0.1) is 11.7 Å². The summed E-state index contributed by atoms with van der Waals surface area (Å²) in [5.41, 5.74) is 0.824. The van der Waals surface area contributed by atoms with Crippen LogP contribution in [-0.2, 0) is 4.79 Å². The number of hydrogen-bond acceptors (Lipinski definition) is 5. The number of amides is 3. The second kappa shape index (κ2) is 6.45. The summed E-state index contributed by atoms with van der Waals surface area (Å²) in [6.07, 6.45) is 0. The average Bonchev–Trinajstić information content (AvgIpc) is 3.00. The van der Waals surface area contributed by atoms with Crippen LogP contribution in [0.3, 0.4) is 0 Å². The Morgan fingerprint density at radius 2 is 1.87 bits per heavy atom. The van der Waals surface area contributed by atoms with Crippen molar-refractivity contribution in [2.45, 2.75) is 13.0 Å². The molecule has 3 rings (SSSR count). The number of para-hydroxylation sites is 2. The molecule has 2 saturated heterocycles. The highest BCUT2D eigenvalue weighted by Crippen LogP contribution is 2.27. The number of nitrogens with one attached hydrogen (secondary N) is 1. The maximum atomic E-state index is 12.4. The van der Waals surface area contributed by atoms with Gasteiger partial charge in [-0.05, 0) is 19.1 Å². The Kier molecular flexibility index (Phi) is 4.38. The largest absolute Gasteiger partial charge is 0.506 e. The topological polar surface area (TPSA) is 76.1 Å². The number of phenolic OH excluding ortho intramolecular Hbond substituents is 1. The lowest BCUT2D eigenvalue weighted by atomic mass is 10.2. The van der Waals surface area contributed by atoms with Crippen LogP contribution in [0.4, 0.5) is 10.5 Å². The van der Waals surface area contributed by atoms with Crippen molar-refractivity contribution in [2.24, 2.45) is 0 Å². The first-order valence-corrected chi connectivity index (χ1v) is 7.94. The Morgan fingerprint density at radius 3 is 2.48 bits per heavy atom. The van der Waals surface area contributed by atoms with E-state index in [-0.39, 0.29) is 23.7 Å². The molecular weight excluding hydrogens is 296 g/mol. The van der Waals surface area contributed by atoms with Crippen LogP contribution in [0.2, 0.25) is 0 Å². The van der Waals surface area contributed by atoms with Crippen molar-refractivity contribution in [3.63, 3.8) is 0 Å². The average molecular weight is 318 g/mol. The maximum Gasteiger partial charge on any atom is 0.324 e. The summed E-state index contributed by atoms with van der Waals surface area (Å²) in [7, 11) is 0. The van der Waals surface area contributed by atoms with Gasteiger partial charge in [-0.1, -0.05) is 12.1 Å². The molecule has 0 bridgehead atoms. The van der Waals surface area contributed by atoms with Gasteiger partial charge in [-0.2, -0.15) is 0 Å². The lowest BCUT2D eigenvalue weighted by molar-refractivity contribution is -0.132. The molecule has 3 amide bonds. The minimum Gasteiger partial charge on any atom is -0.506 e. The highest BCUT2D eigenvalue weighted by molar-refractivity contribution is 5.98. The van der Waals surface area contributed by atoms with Gasteiger partial charge in [0.25, 0.3) is 0 Å². The standard InChI is InChI=1S/C16H22N4O3/c1-12(15(22)20-7-6-17-16(20)23)18-8-10-19(11-9-18)13-4-2-3-5-14(13)21/h2-5,12,21H,6-11H2,1H3,(H,17,23)/t12-/m1/s1. The van der Waals surface area contributed by atoms with E-state index in [1.54, 1.807) is 12.1 Å². The van der Waals surface area contributed by atoms with E-state index in [0.29, 0.717) is 13.1 Å². The number of urea groups is 1. The van der Waals surface area contributed by atoms with Crippen molar-refractivity contribution < 1.29 is 14.7 Å². The predicted molar refractivity (Wildman–Crippen MR) is 86.5 cm³/mol. The molecule has 1 aromatic rings. The van der Waals surface area contributed by atoms with Gasteiger partial charge >= 0.3 is 6.03 Å². The van der Waals surface area contributed by atoms with Gasteiger partial charge in [0.2, 0.25) is 5.91 Å². The summed E-state index contributed by atoms with van der Waals surface area (Å²) in [4.78, 5) is 29.5. The van der Waals surface area contributed by atoms with E-state index >= 15 is 0 Å². The first-order valence-electron chi connectivity index (χ1n) is 7.94. The van der Waals surface area contributed by atoms with Crippen LogP contribution in [0.5, 0.6) is 5.75 Å². The van der Waals surface area contributed by atoms with Gasteiger partial charge in [0.1, 0.15) is 5.75 Å². The summed E-state index contributed by atoms with van der Waals surface area (Å²) in [5.74, 6) is 0.134. The summed E-state index contributed by atoms with van der Waals surface area (Å²) < 4.78 is 0. The molecule has 7 heteroatoms. The van der Waals surface area contributed by atoms with Crippen molar-refractivity contribution >= 4 is 17.6 Å². The number of hydrogen-bond donors (Lipinski definition) is 2. The Labute approximate surface area is 135 Å². The van der Waals surface area contributed by atoms with Gasteiger partial charge in [0.15, 0.2) is 0 Å². The molecule has 0 radical (unpaired) electrons. The van der Waals surface area contributed by atoms with Crippen LogP contribution in [0.1, 0.15) is 6.92 Å². The molecule has 0 aliphatic carbocycles. The van der Waals surface area contributed by atoms with Crippen LogP contribution in [0.15, 0.2) is 24.3 Å². The van der Waals surface area contributed by atoms with Crippen LogP contribution in [-0.4, -0.2) is 72.2 Å². The van der Waals surface area contributed by atoms with Gasteiger partial charge in [0, 0.05) is 39.3 Å². The molecule has 2 heterocycles. The van der Waals surface area contributed by atoms with Crippen LogP contribution in [0, 0.1) is 0 Å². The van der Waals surface area contributed by atoms with Gasteiger partial charge in [-0.15, -0.1) is 0 Å². The van der Waals surface area contributed by atoms with Crippen LogP contribution < -0.4 is 10.2 Å². The number of rotatable bonds is 3. The Morgan fingerprint density at radius 1 is 1.17 bits per heavy atom. The third-order valence-electron chi connectivity index (χ3n) is 4.56. The summed E-state index contributed by atoms with van der Waals surface area (Å²) >= 11 is 0. The SMILES string of the molecule is C[C@H](C(=O)N1CCNC1=O)N1CCN(c2ccccc2O)CC1. The summed E-state index contributed by atoms with van der Waals surface area (Å²) in [5, 5.41) is 12.6. The van der Waals surface area contributed by atoms with E-state index < -0.39 is 0 Å². The molecule has 2 aliphatic rings. The van der Waals surface area contributed by atoms with Gasteiger partial charge in [-0.25, -0.2) is 4.79 Å². The fraction of sp³-hybridized carbons (Fsp3) is 0.500. The zero-order valence-electron chi connectivity index (χ0n) is 13.2. The highest BCUT2D eigenvalue weighted by atomic mass is 16.3. The van der Waals surface area contributed by atoms with E-state index in [9.17, 15) is 14.7 Å². The fourth-order valence-electron chi connectivity index (χ4n) is 3.15. The minimum absolute atomic E-state index is 0.143. The van der Waals surface area contributed by atoms with E-state index in [2.05, 4.69) is 15.1 Å². The van der Waals surface area contributed by atoms with Crippen molar-refractivity contribution in [2.75, 3.05) is 44.2 Å². The number of phenols is 1. The number of aromatic hydroxyl groups is 1. The van der Waals surface area contributed by atoms with E-state index in [4.69, 9.17) is 0 Å². The lowest BCUT2D eigenvalue weighted by Gasteiger charge is -2.39. The Hall–Kier alpha value is -2.28. The summed E-state index contributed by atoms with van der Waals surface area (Å²) in [6.45, 7) is 5.73. The molecular formula is C16H22N4O3. The number of imide groups is 1. The maximum absolute atomic E-state index is 12.4. The number of nitrogens with zero attached hydrogens (tertiary/aromatic N) is 3. The van der Waals surface area contributed by atoms with Crippen LogP contribution >= 0.6 is 0 Å². The van der Waals surface area contributed by atoms with Crippen LogP contribution in [0.25, 0.3) is 0 Å². The number of anilines is 1. The molecule has 0 aromatic heterocycles. The molecule has 2 N–H and O–H groups in total. The van der Waals surface area contributed by atoms with Gasteiger partial charge < -0.3 is 15.3 Å². The first-order chi connectivity index (χ1) is 11.1. The Bertz CT molecular complexity index is 599. The summed E-state index contributed by atoms with van der Waals surface area (Å²) in [6, 6.07) is 6.67. The Balaban J connectivity index is 1.59. The van der Waals surface area contributed by atoms with Crippen molar-refractivity contribution in [3.8, 4) is 5.75 Å². The molecule has 0 saturated carbocycles. The number of piperazine rings is 1. The highest BCUT2D eigenvalue weighted by Gasteiger charge is 2.33. The van der Waals surface area contributed by atoms with Crippen molar-refractivity contribution in [3.05, 3.63) is 24.3 Å². The van der Waals surface area contributed by atoms with E-state index in [0.717, 1.165) is 31.9 Å². The van der Waals surface area contributed by atoms with Crippen molar-refractivity contribution in [1.82, 2.24) is 15.1 Å². The molecule has 1 aromatic carbocycles. The zero-order chi connectivity index (χ0) is 16.4. The molecule has 2 fully saturated rings. The van der Waals surface area contributed by atoms with Crippen molar-refractivity contribution in [1.29, 1.82) is 0 Å². The smallest absolute Gasteiger partial charge is 0.324 e. The fourth-order valence-corrected chi connectivity index (χ4v) is 3.15. The molecule has 23 heavy (non-hydrogen) atoms. The second-order valence-electron chi connectivity index (χ2n) is 5.91. The monoisotopic (exact) mass is 318 g/mol. The molecule has 0 spiro atoms. The zero-order valence-corrected chi connectivity index (χ0v) is 13.2. The first kappa shape index (κ1) is 15.6. The third-order valence-corrected chi connectivity index (χ3v) is 4.56. The second-order valence-corrected chi connectivity index (χ2v) is 5.91.